The molecule has 2 amide bonds. The van der Waals surface area contributed by atoms with Crippen LogP contribution in [-0.2, 0) is 4.79 Å². The average molecular weight is 451 g/mol. The molecule has 1 spiro atoms. The highest BCUT2D eigenvalue weighted by molar-refractivity contribution is 7.11. The van der Waals surface area contributed by atoms with E-state index in [1.54, 1.807) is 11.7 Å². The Morgan fingerprint density at radius 3 is 2.47 bits per heavy atom. The molecular weight excluding hydrogens is 420 g/mol. The van der Waals surface area contributed by atoms with Crippen LogP contribution in [0, 0.1) is 11.3 Å². The first-order valence-corrected chi connectivity index (χ1v) is 12.4. The number of thiazole rings is 1. The minimum Gasteiger partial charge on any atom is -0.340 e. The Labute approximate surface area is 193 Å². The molecular formula is C25H30N4O2S. The first kappa shape index (κ1) is 21.3. The number of nitrogens with zero attached hydrogens (tertiary/aromatic N) is 4. The van der Waals surface area contributed by atoms with Crippen molar-refractivity contribution in [2.45, 2.75) is 19.3 Å². The number of hydrogen-bond donors (Lipinski definition) is 0. The van der Waals surface area contributed by atoms with Gasteiger partial charge in [-0.1, -0.05) is 42.5 Å². The predicted octanol–water partition coefficient (Wildman–Crippen LogP) is 3.24. The molecule has 3 fully saturated rings. The molecule has 2 aromatic rings. The molecule has 168 valence electrons. The number of piperazine rings is 1. The number of benzene rings is 1. The lowest BCUT2D eigenvalue weighted by molar-refractivity contribution is -0.135. The van der Waals surface area contributed by atoms with Gasteiger partial charge in [0.2, 0.25) is 5.91 Å². The van der Waals surface area contributed by atoms with Crippen LogP contribution < -0.4 is 0 Å². The monoisotopic (exact) mass is 450 g/mol. The van der Waals surface area contributed by atoms with Crippen molar-refractivity contribution in [2.75, 3.05) is 45.8 Å². The highest BCUT2D eigenvalue weighted by atomic mass is 32.1. The van der Waals surface area contributed by atoms with Crippen LogP contribution in [0.15, 0.2) is 48.1 Å². The van der Waals surface area contributed by atoms with Crippen LogP contribution in [0.1, 0.15) is 34.5 Å². The standard InChI is InChI=1S/C25H30N4O2S/c30-23(29-15-13-27(14-16-29)10-4-7-20-5-2-1-3-6-20)21-17-25(21)8-11-28(12-9-25)24(31)22-18-26-19-32-22/h1-7,18-19,21H,8-17H2/b7-4+/t21-/m1/s1. The van der Waals surface area contributed by atoms with E-state index in [-0.39, 0.29) is 17.2 Å². The number of likely N-dealkylation sites (tertiary alicyclic amines) is 1. The van der Waals surface area contributed by atoms with Crippen LogP contribution in [0.25, 0.3) is 6.08 Å². The molecule has 32 heavy (non-hydrogen) atoms. The van der Waals surface area contributed by atoms with Gasteiger partial charge in [-0.25, -0.2) is 0 Å². The lowest BCUT2D eigenvalue weighted by atomic mass is 9.90. The molecule has 1 atom stereocenters. The Kier molecular flexibility index (Phi) is 6.11. The molecule has 3 heterocycles. The maximum absolute atomic E-state index is 13.1. The fourth-order valence-corrected chi connectivity index (χ4v) is 5.74. The number of hydrogen-bond acceptors (Lipinski definition) is 5. The molecule has 0 unspecified atom stereocenters. The molecule has 1 aromatic carbocycles. The second-order valence-corrected chi connectivity index (χ2v) is 10.1. The highest BCUT2D eigenvalue weighted by Crippen LogP contribution is 2.60. The van der Waals surface area contributed by atoms with Crippen molar-refractivity contribution in [1.29, 1.82) is 0 Å². The van der Waals surface area contributed by atoms with Crippen molar-refractivity contribution >= 4 is 29.2 Å². The smallest absolute Gasteiger partial charge is 0.265 e. The van der Waals surface area contributed by atoms with Gasteiger partial charge in [0.15, 0.2) is 0 Å². The summed E-state index contributed by atoms with van der Waals surface area (Å²) in [6, 6.07) is 10.4. The number of rotatable bonds is 5. The predicted molar refractivity (Wildman–Crippen MR) is 126 cm³/mol. The zero-order chi connectivity index (χ0) is 22.0. The summed E-state index contributed by atoms with van der Waals surface area (Å²) >= 11 is 1.40. The third kappa shape index (κ3) is 4.50. The molecule has 1 aliphatic carbocycles. The van der Waals surface area contributed by atoms with E-state index < -0.39 is 0 Å². The number of piperidine rings is 1. The summed E-state index contributed by atoms with van der Waals surface area (Å²) in [5.74, 6) is 0.586. The number of amides is 2. The Bertz CT molecular complexity index is 959. The van der Waals surface area contributed by atoms with Crippen LogP contribution in [0.2, 0.25) is 0 Å². The average Bonchev–Trinajstić information content (AvgIpc) is 3.26. The summed E-state index contributed by atoms with van der Waals surface area (Å²) in [7, 11) is 0. The summed E-state index contributed by atoms with van der Waals surface area (Å²) in [4.78, 5) is 36.8. The van der Waals surface area contributed by atoms with E-state index in [0.29, 0.717) is 10.8 Å². The van der Waals surface area contributed by atoms with Gasteiger partial charge in [-0.2, -0.15) is 0 Å². The summed E-state index contributed by atoms with van der Waals surface area (Å²) in [6.45, 7) is 5.93. The second kappa shape index (κ2) is 9.16. The summed E-state index contributed by atoms with van der Waals surface area (Å²) < 4.78 is 0. The number of aromatic nitrogens is 1. The highest BCUT2D eigenvalue weighted by Gasteiger charge is 2.59. The van der Waals surface area contributed by atoms with Crippen LogP contribution in [0.3, 0.4) is 0 Å². The SMILES string of the molecule is O=C(c1cncs1)N1CCC2(CC1)C[C@@H]2C(=O)N1CCN(C/C=C/c2ccccc2)CC1. The Hall–Kier alpha value is -2.51. The van der Waals surface area contributed by atoms with E-state index in [2.05, 4.69) is 51.2 Å². The molecule has 0 N–H and O–H groups in total. The Morgan fingerprint density at radius 2 is 1.78 bits per heavy atom. The molecule has 3 aliphatic rings. The van der Waals surface area contributed by atoms with E-state index in [4.69, 9.17) is 0 Å². The minimum absolute atomic E-state index is 0.0864. The zero-order valence-electron chi connectivity index (χ0n) is 18.4. The summed E-state index contributed by atoms with van der Waals surface area (Å²) in [5, 5.41) is 0. The third-order valence-corrected chi connectivity index (χ3v) is 8.10. The summed E-state index contributed by atoms with van der Waals surface area (Å²) in [6.07, 6.45) is 8.91. The molecule has 0 bridgehead atoms. The van der Waals surface area contributed by atoms with Crippen molar-refractivity contribution < 1.29 is 9.59 Å². The van der Waals surface area contributed by atoms with E-state index >= 15 is 0 Å². The lowest BCUT2D eigenvalue weighted by Gasteiger charge is -2.36. The molecule has 2 aliphatic heterocycles. The maximum Gasteiger partial charge on any atom is 0.265 e. The number of carbonyl (C=O) groups excluding carboxylic acids is 2. The maximum atomic E-state index is 13.1. The van der Waals surface area contributed by atoms with Crippen LogP contribution in [0.4, 0.5) is 0 Å². The minimum atomic E-state index is 0.0864. The van der Waals surface area contributed by atoms with E-state index in [0.717, 1.165) is 65.1 Å². The van der Waals surface area contributed by atoms with Gasteiger partial charge in [-0.3, -0.25) is 19.5 Å². The molecule has 0 radical (unpaired) electrons. The fraction of sp³-hybridized carbons (Fsp3) is 0.480. The largest absolute Gasteiger partial charge is 0.340 e. The normalized spacial score (nSPS) is 23.1. The first-order valence-electron chi connectivity index (χ1n) is 11.6. The van der Waals surface area contributed by atoms with Crippen LogP contribution in [-0.4, -0.2) is 77.3 Å². The van der Waals surface area contributed by atoms with Crippen molar-refractivity contribution in [2.24, 2.45) is 11.3 Å². The van der Waals surface area contributed by atoms with Crippen molar-refractivity contribution in [1.82, 2.24) is 19.7 Å². The molecule has 2 saturated heterocycles. The molecule has 1 saturated carbocycles. The van der Waals surface area contributed by atoms with Crippen molar-refractivity contribution in [3.63, 3.8) is 0 Å². The van der Waals surface area contributed by atoms with Crippen molar-refractivity contribution in [3.05, 3.63) is 58.6 Å². The first-order chi connectivity index (χ1) is 15.6. The van der Waals surface area contributed by atoms with Crippen molar-refractivity contribution in [3.8, 4) is 0 Å². The lowest BCUT2D eigenvalue weighted by Crippen LogP contribution is -2.49. The van der Waals surface area contributed by atoms with Crippen LogP contribution >= 0.6 is 11.3 Å². The van der Waals surface area contributed by atoms with Gasteiger partial charge in [-0.15, -0.1) is 11.3 Å². The number of carbonyl (C=O) groups is 2. The molecule has 6 nitrogen and oxygen atoms in total. The van der Waals surface area contributed by atoms with Gasteiger partial charge in [0, 0.05) is 51.7 Å². The van der Waals surface area contributed by atoms with Crippen LogP contribution in [0.5, 0.6) is 0 Å². The molecule has 5 rings (SSSR count). The van der Waals surface area contributed by atoms with Gasteiger partial charge in [-0.05, 0) is 30.2 Å². The van der Waals surface area contributed by atoms with Gasteiger partial charge < -0.3 is 9.80 Å². The fourth-order valence-electron chi connectivity index (χ4n) is 5.16. The molecule has 7 heteroatoms. The quantitative estimate of drug-likeness (QED) is 0.702. The van der Waals surface area contributed by atoms with Gasteiger partial charge in [0.25, 0.3) is 5.91 Å². The van der Waals surface area contributed by atoms with E-state index in [1.807, 2.05) is 11.0 Å². The van der Waals surface area contributed by atoms with Gasteiger partial charge in [0.05, 0.1) is 11.7 Å². The molecule has 1 aromatic heterocycles. The summed E-state index contributed by atoms with van der Waals surface area (Å²) in [5.41, 5.74) is 3.06. The van der Waals surface area contributed by atoms with E-state index in [1.165, 1.54) is 16.9 Å². The van der Waals surface area contributed by atoms with E-state index in [9.17, 15) is 9.59 Å². The Morgan fingerprint density at radius 1 is 1.03 bits per heavy atom. The topological polar surface area (TPSA) is 56.8 Å². The third-order valence-electron chi connectivity index (χ3n) is 7.33. The Balaban J connectivity index is 1.06. The second-order valence-electron chi connectivity index (χ2n) is 9.22. The van der Waals surface area contributed by atoms with Gasteiger partial charge in [0.1, 0.15) is 4.88 Å². The van der Waals surface area contributed by atoms with Gasteiger partial charge >= 0.3 is 0 Å². The zero-order valence-corrected chi connectivity index (χ0v) is 19.2.